The number of carbonyl (C=O) groups excluding carboxylic acids is 2. The van der Waals surface area contributed by atoms with Gasteiger partial charge >= 0.3 is 0 Å². The Labute approximate surface area is 260 Å². The molecule has 0 radical (unpaired) electrons. The van der Waals surface area contributed by atoms with Gasteiger partial charge in [-0.3, -0.25) is 19.6 Å². The molecule has 0 spiro atoms. The number of hydrogen-bond donors (Lipinski definition) is 3. The van der Waals surface area contributed by atoms with Gasteiger partial charge in [-0.1, -0.05) is 6.08 Å². The van der Waals surface area contributed by atoms with Crippen molar-refractivity contribution in [1.82, 2.24) is 30.0 Å². The molecule has 1 aromatic carbocycles. The van der Waals surface area contributed by atoms with Gasteiger partial charge in [-0.25, -0.2) is 9.97 Å². The molecule has 12 nitrogen and oxygen atoms in total. The molecule has 7 rings (SSSR count). The third kappa shape index (κ3) is 7.07. The minimum absolute atomic E-state index is 0.0329. The lowest BCUT2D eigenvalue weighted by atomic mass is 10.2. The molecule has 3 N–H and O–H groups in total. The van der Waals surface area contributed by atoms with Crippen molar-refractivity contribution in [2.75, 3.05) is 37.3 Å². The van der Waals surface area contributed by atoms with Gasteiger partial charge in [0, 0.05) is 67.9 Å². The van der Waals surface area contributed by atoms with E-state index in [2.05, 4.69) is 42.7 Å². The summed E-state index contributed by atoms with van der Waals surface area (Å²) in [6.07, 6.45) is 12.6. The highest BCUT2D eigenvalue weighted by Gasteiger charge is 2.28. The molecule has 1 saturated heterocycles. The third-order valence-corrected chi connectivity index (χ3v) is 8.23. The summed E-state index contributed by atoms with van der Waals surface area (Å²) in [6.45, 7) is 2.06. The van der Waals surface area contributed by atoms with Crippen molar-refractivity contribution in [2.24, 2.45) is 0 Å². The zero-order valence-electron chi connectivity index (χ0n) is 25.1. The molecule has 3 aliphatic rings. The van der Waals surface area contributed by atoms with E-state index in [9.17, 15) is 9.59 Å². The summed E-state index contributed by atoms with van der Waals surface area (Å²) in [5.74, 6) is 2.62. The molecule has 4 heterocycles. The number of aromatic nitrogens is 4. The fourth-order valence-corrected chi connectivity index (χ4v) is 5.39. The highest BCUT2D eigenvalue weighted by molar-refractivity contribution is 6.04. The fraction of sp³-hybridized carbons (Fsp3) is 0.364. The number of ether oxygens (including phenoxy) is 2. The monoisotopic (exact) mass is 608 g/mol. The molecule has 2 amide bonds. The van der Waals surface area contributed by atoms with Crippen molar-refractivity contribution in [1.29, 1.82) is 0 Å². The van der Waals surface area contributed by atoms with Crippen LogP contribution in [0.4, 0.5) is 11.6 Å². The first-order valence-electron chi connectivity index (χ1n) is 15.5. The third-order valence-electron chi connectivity index (χ3n) is 8.23. The van der Waals surface area contributed by atoms with Gasteiger partial charge in [0.25, 0.3) is 5.91 Å². The van der Waals surface area contributed by atoms with Crippen LogP contribution in [-0.2, 0) is 4.79 Å². The lowest BCUT2D eigenvalue weighted by molar-refractivity contribution is -0.125. The van der Waals surface area contributed by atoms with Crippen LogP contribution in [0.5, 0.6) is 17.2 Å². The second-order valence-corrected chi connectivity index (χ2v) is 11.9. The highest BCUT2D eigenvalue weighted by atomic mass is 16.5. The largest absolute Gasteiger partial charge is 0.490 e. The normalized spacial score (nSPS) is 18.1. The molecule has 12 heteroatoms. The highest BCUT2D eigenvalue weighted by Crippen LogP contribution is 2.34. The van der Waals surface area contributed by atoms with Crippen LogP contribution in [0.15, 0.2) is 67.0 Å². The van der Waals surface area contributed by atoms with E-state index < -0.39 is 0 Å². The molecule has 3 aromatic heterocycles. The van der Waals surface area contributed by atoms with Gasteiger partial charge in [-0.2, -0.15) is 5.10 Å². The van der Waals surface area contributed by atoms with E-state index in [1.165, 1.54) is 12.8 Å². The number of likely N-dealkylation sites (tertiary alicyclic amines) is 1. The van der Waals surface area contributed by atoms with Gasteiger partial charge in [0.15, 0.2) is 11.5 Å². The maximum Gasteiger partial charge on any atom is 0.256 e. The Morgan fingerprint density at radius 2 is 1.87 bits per heavy atom. The Morgan fingerprint density at radius 3 is 2.67 bits per heavy atom. The number of fused-ring (bicyclic) bond motifs is 1. The number of aromatic amines is 1. The van der Waals surface area contributed by atoms with Crippen LogP contribution >= 0.6 is 0 Å². The summed E-state index contributed by atoms with van der Waals surface area (Å²) >= 11 is 0. The minimum Gasteiger partial charge on any atom is -0.490 e. The van der Waals surface area contributed by atoms with Crippen LogP contribution < -0.4 is 20.1 Å². The summed E-state index contributed by atoms with van der Waals surface area (Å²) in [6, 6.07) is 12.9. The van der Waals surface area contributed by atoms with E-state index in [1.807, 2.05) is 11.0 Å². The molecule has 1 atom stereocenters. The molecule has 45 heavy (non-hydrogen) atoms. The number of nitrogens with zero attached hydrogens (tertiary/aromatic N) is 5. The predicted molar refractivity (Wildman–Crippen MR) is 170 cm³/mol. The smallest absolute Gasteiger partial charge is 0.256 e. The van der Waals surface area contributed by atoms with E-state index in [-0.39, 0.29) is 24.0 Å². The number of amides is 2. The topological polar surface area (TPSA) is 138 Å². The molecule has 0 bridgehead atoms. The molecular formula is C33H36N8O4. The average molecular weight is 609 g/mol. The van der Waals surface area contributed by atoms with E-state index in [0.29, 0.717) is 64.6 Å². The lowest BCUT2D eigenvalue weighted by Gasteiger charge is -2.16. The van der Waals surface area contributed by atoms with Gasteiger partial charge in [-0.15, -0.1) is 0 Å². The number of likely N-dealkylation sites (N-methyl/N-ethyl adjacent to an activating group) is 1. The zero-order chi connectivity index (χ0) is 30.8. The minimum atomic E-state index is -0.282. The van der Waals surface area contributed by atoms with E-state index >= 15 is 0 Å². The molecular weight excluding hydrogens is 572 g/mol. The van der Waals surface area contributed by atoms with Crippen LogP contribution in [0.1, 0.15) is 42.5 Å². The van der Waals surface area contributed by atoms with Crippen molar-refractivity contribution in [3.63, 3.8) is 0 Å². The van der Waals surface area contributed by atoms with E-state index in [0.717, 1.165) is 25.8 Å². The molecule has 0 unspecified atom stereocenters. The Balaban J connectivity index is 0.968. The molecule has 1 aliphatic heterocycles. The Bertz CT molecular complexity index is 1710. The van der Waals surface area contributed by atoms with E-state index in [4.69, 9.17) is 9.47 Å². The van der Waals surface area contributed by atoms with Crippen LogP contribution in [-0.4, -0.2) is 86.6 Å². The number of hydrogen-bond acceptors (Lipinski definition) is 9. The van der Waals surface area contributed by atoms with Crippen molar-refractivity contribution in [2.45, 2.75) is 50.3 Å². The molecule has 2 aliphatic carbocycles. The number of benzene rings is 1. The first-order valence-corrected chi connectivity index (χ1v) is 15.5. The fourth-order valence-electron chi connectivity index (χ4n) is 5.39. The quantitative estimate of drug-likeness (QED) is 0.197. The SMILES string of the molecule is CN(C/C=C/C(=O)N1CC[C@@H](Nc2n[nH]c3nccc(Oc4ccc(C(=O)Nc5cc(OC6CC6)ccn5)cc4)c23)C1)C1CC1. The van der Waals surface area contributed by atoms with Crippen molar-refractivity contribution in [3.05, 3.63) is 72.6 Å². The first kappa shape index (κ1) is 28.8. The number of anilines is 2. The predicted octanol–water partition coefficient (Wildman–Crippen LogP) is 4.60. The van der Waals surface area contributed by atoms with Crippen LogP contribution in [0.25, 0.3) is 11.0 Å². The Kier molecular flexibility index (Phi) is 8.04. The zero-order valence-corrected chi connectivity index (χ0v) is 25.1. The molecule has 3 fully saturated rings. The van der Waals surface area contributed by atoms with Gasteiger partial charge < -0.3 is 25.0 Å². The number of pyridine rings is 2. The summed E-state index contributed by atoms with van der Waals surface area (Å²) < 4.78 is 12.0. The van der Waals surface area contributed by atoms with Crippen LogP contribution in [0, 0.1) is 0 Å². The molecule has 232 valence electrons. The summed E-state index contributed by atoms with van der Waals surface area (Å²) in [4.78, 5) is 38.4. The van der Waals surface area contributed by atoms with Crippen molar-refractivity contribution < 1.29 is 19.1 Å². The van der Waals surface area contributed by atoms with Gasteiger partial charge in [0.1, 0.15) is 28.5 Å². The average Bonchev–Trinajstić information content (AvgIpc) is 3.97. The second kappa shape index (κ2) is 12.6. The maximum absolute atomic E-state index is 12.9. The van der Waals surface area contributed by atoms with E-state index in [1.54, 1.807) is 60.9 Å². The number of nitrogens with one attached hydrogen (secondary N) is 3. The van der Waals surface area contributed by atoms with Gasteiger partial charge in [-0.05, 0) is 69.5 Å². The van der Waals surface area contributed by atoms with Gasteiger partial charge in [0.2, 0.25) is 5.91 Å². The number of carbonyl (C=O) groups is 2. The second-order valence-electron chi connectivity index (χ2n) is 11.9. The Morgan fingerprint density at radius 1 is 1.04 bits per heavy atom. The lowest BCUT2D eigenvalue weighted by Crippen LogP contribution is -2.30. The van der Waals surface area contributed by atoms with Crippen LogP contribution in [0.3, 0.4) is 0 Å². The molecule has 4 aromatic rings. The summed E-state index contributed by atoms with van der Waals surface area (Å²) in [5.41, 5.74) is 1.05. The number of H-pyrrole nitrogens is 1. The Hall–Kier alpha value is -4.97. The maximum atomic E-state index is 12.9. The van der Waals surface area contributed by atoms with Crippen molar-refractivity contribution >= 4 is 34.5 Å². The standard InChI is InChI=1S/C33H36N8O4/c1-40(23-6-7-23)17-2-3-29(42)41-18-14-22(20-41)36-32-30-27(13-16-35-31(30)38-39-32)45-25-8-4-21(5-9-25)33(43)37-28-19-26(12-15-34-28)44-24-10-11-24/h2-5,8-9,12-13,15-16,19,22-24H,6-7,10-11,14,17-18,20H2,1H3,(H,34,37,43)(H2,35,36,38,39)/b3-2+/t22-/m1/s1. The summed E-state index contributed by atoms with van der Waals surface area (Å²) in [7, 11) is 2.10. The van der Waals surface area contributed by atoms with Gasteiger partial charge in [0.05, 0.1) is 6.10 Å². The summed E-state index contributed by atoms with van der Waals surface area (Å²) in [5, 5.41) is 14.4. The molecule has 2 saturated carbocycles. The number of rotatable bonds is 12. The van der Waals surface area contributed by atoms with Crippen molar-refractivity contribution in [3.8, 4) is 17.2 Å². The van der Waals surface area contributed by atoms with Crippen LogP contribution in [0.2, 0.25) is 0 Å². The first-order chi connectivity index (χ1) is 22.0.